The van der Waals surface area contributed by atoms with Crippen molar-refractivity contribution in [2.24, 2.45) is 0 Å². The van der Waals surface area contributed by atoms with E-state index in [-0.39, 0.29) is 4.90 Å². The first kappa shape index (κ1) is 19.2. The maximum absolute atomic E-state index is 13.2. The Bertz CT molecular complexity index is 1130. The van der Waals surface area contributed by atoms with Gasteiger partial charge in [-0.2, -0.15) is 0 Å². The number of rotatable bonds is 3. The van der Waals surface area contributed by atoms with Gasteiger partial charge in [-0.1, -0.05) is 29.8 Å². The topological polar surface area (TPSA) is 57.5 Å². The molecule has 2 heterocycles. The molecule has 0 unspecified atom stereocenters. The van der Waals surface area contributed by atoms with Gasteiger partial charge in [0.2, 0.25) is 0 Å². The lowest BCUT2D eigenvalue weighted by molar-refractivity contribution is 0.00578. The first-order valence-corrected chi connectivity index (χ1v) is 10.7. The molecule has 146 valence electrons. The summed E-state index contributed by atoms with van der Waals surface area (Å²) >= 11 is 0. The quantitative estimate of drug-likeness (QED) is 0.635. The summed E-state index contributed by atoms with van der Waals surface area (Å²) in [5.41, 5.74) is 1.50. The lowest BCUT2D eigenvalue weighted by atomic mass is 9.79. The molecule has 28 heavy (non-hydrogen) atoms. The van der Waals surface area contributed by atoms with Crippen molar-refractivity contribution in [3.63, 3.8) is 0 Å². The standard InChI is InChI=1S/C21H24BNO4S/c1-15-6-10-18(11-7-15)28(24,25)23-13-12-16-8-9-17(14-19(16)23)22-26-20(2,3)21(4,5)27-22/h6-14H,1-5H3. The SMILES string of the molecule is Cc1ccc(S(=O)(=O)n2ccc3ccc(B4OC(C)(C)C(C)(C)O4)cc32)cc1. The summed E-state index contributed by atoms with van der Waals surface area (Å²) in [5.74, 6) is 0. The van der Waals surface area contributed by atoms with Crippen LogP contribution >= 0.6 is 0 Å². The molecule has 0 amide bonds. The van der Waals surface area contributed by atoms with E-state index in [1.165, 1.54) is 3.97 Å². The van der Waals surface area contributed by atoms with Gasteiger partial charge in [0.25, 0.3) is 10.0 Å². The van der Waals surface area contributed by atoms with Gasteiger partial charge in [0.15, 0.2) is 0 Å². The summed E-state index contributed by atoms with van der Waals surface area (Å²) in [6, 6.07) is 14.3. The number of hydrogen-bond donors (Lipinski definition) is 0. The number of hydrogen-bond acceptors (Lipinski definition) is 4. The molecule has 1 aliphatic heterocycles. The molecule has 5 nitrogen and oxygen atoms in total. The van der Waals surface area contributed by atoms with Crippen molar-refractivity contribution < 1.29 is 17.7 Å². The van der Waals surface area contributed by atoms with Crippen LogP contribution in [0, 0.1) is 6.92 Å². The van der Waals surface area contributed by atoms with Crippen LogP contribution in [0.25, 0.3) is 10.9 Å². The Kier molecular flexibility index (Phi) is 4.27. The lowest BCUT2D eigenvalue weighted by Gasteiger charge is -2.32. The molecule has 1 saturated heterocycles. The van der Waals surface area contributed by atoms with E-state index in [2.05, 4.69) is 0 Å². The Balaban J connectivity index is 1.78. The van der Waals surface area contributed by atoms with Crippen molar-refractivity contribution in [2.75, 3.05) is 0 Å². The highest BCUT2D eigenvalue weighted by Crippen LogP contribution is 2.36. The largest absolute Gasteiger partial charge is 0.494 e. The van der Waals surface area contributed by atoms with Crippen molar-refractivity contribution in [2.45, 2.75) is 50.7 Å². The van der Waals surface area contributed by atoms with Crippen molar-refractivity contribution >= 4 is 33.5 Å². The van der Waals surface area contributed by atoms with Crippen LogP contribution in [0.4, 0.5) is 0 Å². The molecule has 1 aliphatic rings. The molecule has 0 spiro atoms. The molecule has 0 atom stereocenters. The normalized spacial score (nSPS) is 18.7. The summed E-state index contributed by atoms with van der Waals surface area (Å²) in [6.45, 7) is 9.91. The van der Waals surface area contributed by atoms with Gasteiger partial charge >= 0.3 is 7.12 Å². The van der Waals surface area contributed by atoms with Crippen molar-refractivity contribution in [3.05, 3.63) is 60.3 Å². The molecule has 0 N–H and O–H groups in total. The van der Waals surface area contributed by atoms with E-state index in [0.29, 0.717) is 5.52 Å². The molecule has 1 fully saturated rings. The van der Waals surface area contributed by atoms with E-state index < -0.39 is 28.3 Å². The highest BCUT2D eigenvalue weighted by molar-refractivity contribution is 7.90. The zero-order valence-electron chi connectivity index (χ0n) is 16.8. The molecule has 0 radical (unpaired) electrons. The fraction of sp³-hybridized carbons (Fsp3) is 0.333. The van der Waals surface area contributed by atoms with Gasteiger partial charge in [0.1, 0.15) is 0 Å². The van der Waals surface area contributed by atoms with E-state index in [1.807, 2.05) is 52.8 Å². The van der Waals surface area contributed by atoms with Crippen LogP contribution in [0.5, 0.6) is 0 Å². The van der Waals surface area contributed by atoms with Gasteiger partial charge in [-0.25, -0.2) is 12.4 Å². The molecular weight excluding hydrogens is 373 g/mol. The van der Waals surface area contributed by atoms with E-state index in [0.717, 1.165) is 16.4 Å². The third-order valence-electron chi connectivity index (χ3n) is 5.78. The van der Waals surface area contributed by atoms with Crippen LogP contribution in [0.1, 0.15) is 33.3 Å². The molecule has 1 aromatic heterocycles. The zero-order valence-corrected chi connectivity index (χ0v) is 17.6. The molecule has 4 rings (SSSR count). The van der Waals surface area contributed by atoms with Crippen molar-refractivity contribution in [3.8, 4) is 0 Å². The Hall–Kier alpha value is -2.09. The van der Waals surface area contributed by atoms with Crippen molar-refractivity contribution in [1.82, 2.24) is 3.97 Å². The van der Waals surface area contributed by atoms with Crippen LogP contribution in [0.15, 0.2) is 59.6 Å². The minimum Gasteiger partial charge on any atom is -0.399 e. The molecular formula is C21H24BNO4S. The smallest absolute Gasteiger partial charge is 0.399 e. The van der Waals surface area contributed by atoms with Gasteiger partial charge in [-0.05, 0) is 64.3 Å². The monoisotopic (exact) mass is 397 g/mol. The van der Waals surface area contributed by atoms with Crippen LogP contribution in [0.2, 0.25) is 0 Å². The first-order chi connectivity index (χ1) is 13.0. The summed E-state index contributed by atoms with van der Waals surface area (Å²) in [6.07, 6.45) is 1.59. The van der Waals surface area contributed by atoms with E-state index in [4.69, 9.17) is 9.31 Å². The Morgan fingerprint density at radius 1 is 0.893 bits per heavy atom. The number of benzene rings is 2. The molecule has 3 aromatic rings. The van der Waals surface area contributed by atoms with Crippen LogP contribution in [0.3, 0.4) is 0 Å². The summed E-state index contributed by atoms with van der Waals surface area (Å²) in [7, 11) is -4.23. The molecule has 7 heteroatoms. The summed E-state index contributed by atoms with van der Waals surface area (Å²) < 4.78 is 39.9. The van der Waals surface area contributed by atoms with Crippen LogP contribution < -0.4 is 5.46 Å². The van der Waals surface area contributed by atoms with Crippen molar-refractivity contribution in [1.29, 1.82) is 0 Å². The second-order valence-electron chi connectivity index (χ2n) is 8.34. The molecule has 0 bridgehead atoms. The Labute approximate surface area is 166 Å². The molecule has 0 saturated carbocycles. The minimum absolute atomic E-state index is 0.261. The Morgan fingerprint density at radius 3 is 2.11 bits per heavy atom. The predicted octanol–water partition coefficient (Wildman–Crippen LogP) is 3.49. The van der Waals surface area contributed by atoms with Crippen LogP contribution in [-0.4, -0.2) is 30.7 Å². The fourth-order valence-corrected chi connectivity index (χ4v) is 4.63. The maximum atomic E-state index is 13.2. The predicted molar refractivity (Wildman–Crippen MR) is 111 cm³/mol. The van der Waals surface area contributed by atoms with E-state index >= 15 is 0 Å². The van der Waals surface area contributed by atoms with E-state index in [1.54, 1.807) is 36.5 Å². The van der Waals surface area contributed by atoms with Gasteiger partial charge in [0.05, 0.1) is 21.6 Å². The third-order valence-corrected chi connectivity index (χ3v) is 7.49. The second kappa shape index (κ2) is 6.21. The highest BCUT2D eigenvalue weighted by Gasteiger charge is 2.51. The molecule has 0 aliphatic carbocycles. The number of aryl methyl sites for hydroxylation is 1. The van der Waals surface area contributed by atoms with Gasteiger partial charge < -0.3 is 9.31 Å². The average Bonchev–Trinajstić information content (AvgIpc) is 3.13. The van der Waals surface area contributed by atoms with Gasteiger partial charge in [-0.15, -0.1) is 0 Å². The number of aromatic nitrogens is 1. The average molecular weight is 397 g/mol. The highest BCUT2D eigenvalue weighted by atomic mass is 32.2. The molecule has 2 aromatic carbocycles. The maximum Gasteiger partial charge on any atom is 0.494 e. The van der Waals surface area contributed by atoms with Crippen LogP contribution in [-0.2, 0) is 19.3 Å². The summed E-state index contributed by atoms with van der Waals surface area (Å²) in [5, 5.41) is 0.843. The minimum atomic E-state index is -3.69. The number of fused-ring (bicyclic) bond motifs is 1. The Morgan fingerprint density at radius 2 is 1.50 bits per heavy atom. The zero-order chi connectivity index (χ0) is 20.3. The van der Waals surface area contributed by atoms with Gasteiger partial charge in [0, 0.05) is 11.6 Å². The lowest BCUT2D eigenvalue weighted by Crippen LogP contribution is -2.41. The van der Waals surface area contributed by atoms with E-state index in [9.17, 15) is 8.42 Å². The first-order valence-electron chi connectivity index (χ1n) is 9.30. The fourth-order valence-electron chi connectivity index (χ4n) is 3.28. The van der Waals surface area contributed by atoms with Gasteiger partial charge in [-0.3, -0.25) is 0 Å². The second-order valence-corrected chi connectivity index (χ2v) is 10.2. The number of nitrogens with zero attached hydrogens (tertiary/aromatic N) is 1. The third kappa shape index (κ3) is 2.98. The summed E-state index contributed by atoms with van der Waals surface area (Å²) in [4.78, 5) is 0.261.